The first-order chi connectivity index (χ1) is 10.1. The molecule has 0 saturated heterocycles. The van der Waals surface area contributed by atoms with Crippen LogP contribution in [0.5, 0.6) is 0 Å². The van der Waals surface area contributed by atoms with Crippen molar-refractivity contribution in [3.05, 3.63) is 70.2 Å². The highest BCUT2D eigenvalue weighted by Gasteiger charge is 2.09. The van der Waals surface area contributed by atoms with Gasteiger partial charge in [-0.15, -0.1) is 0 Å². The van der Waals surface area contributed by atoms with Crippen LogP contribution in [0.15, 0.2) is 59.1 Å². The zero-order valence-corrected chi connectivity index (χ0v) is 13.5. The molecule has 4 heteroatoms. The van der Waals surface area contributed by atoms with E-state index < -0.39 is 0 Å². The molecule has 1 N–H and O–H groups in total. The van der Waals surface area contributed by atoms with Gasteiger partial charge in [-0.2, -0.15) is 0 Å². The van der Waals surface area contributed by atoms with Crippen LogP contribution in [0.2, 0.25) is 0 Å². The van der Waals surface area contributed by atoms with Crippen molar-refractivity contribution in [2.75, 3.05) is 6.54 Å². The SMILES string of the molecule is CC(CNC(=O)OCc1ccccc1)c1cccc(Br)c1. The molecule has 1 atom stereocenters. The monoisotopic (exact) mass is 347 g/mol. The summed E-state index contributed by atoms with van der Waals surface area (Å²) in [5, 5.41) is 2.79. The van der Waals surface area contributed by atoms with Gasteiger partial charge in [0, 0.05) is 11.0 Å². The van der Waals surface area contributed by atoms with E-state index >= 15 is 0 Å². The number of hydrogen-bond donors (Lipinski definition) is 1. The first kappa shape index (κ1) is 15.6. The second kappa shape index (κ2) is 7.84. The van der Waals surface area contributed by atoms with E-state index in [0.29, 0.717) is 6.54 Å². The van der Waals surface area contributed by atoms with Crippen LogP contribution in [-0.4, -0.2) is 12.6 Å². The molecule has 0 aliphatic heterocycles. The fourth-order valence-corrected chi connectivity index (χ4v) is 2.36. The van der Waals surface area contributed by atoms with Crippen molar-refractivity contribution in [2.24, 2.45) is 0 Å². The lowest BCUT2D eigenvalue weighted by Gasteiger charge is -2.13. The molecule has 21 heavy (non-hydrogen) atoms. The highest BCUT2D eigenvalue weighted by Crippen LogP contribution is 2.19. The van der Waals surface area contributed by atoms with Crippen LogP contribution in [0.3, 0.4) is 0 Å². The minimum absolute atomic E-state index is 0.228. The molecule has 0 heterocycles. The zero-order chi connectivity index (χ0) is 15.1. The van der Waals surface area contributed by atoms with Crippen molar-refractivity contribution in [3.63, 3.8) is 0 Å². The van der Waals surface area contributed by atoms with Crippen molar-refractivity contribution in [2.45, 2.75) is 19.4 Å². The van der Waals surface area contributed by atoms with Crippen molar-refractivity contribution in [3.8, 4) is 0 Å². The predicted molar refractivity (Wildman–Crippen MR) is 87.2 cm³/mol. The summed E-state index contributed by atoms with van der Waals surface area (Å²) in [7, 11) is 0. The lowest BCUT2D eigenvalue weighted by atomic mass is 10.0. The van der Waals surface area contributed by atoms with Gasteiger partial charge in [-0.1, -0.05) is 65.3 Å². The van der Waals surface area contributed by atoms with Crippen molar-refractivity contribution < 1.29 is 9.53 Å². The van der Waals surface area contributed by atoms with E-state index in [1.54, 1.807) is 0 Å². The number of rotatable bonds is 5. The van der Waals surface area contributed by atoms with Crippen LogP contribution in [0.4, 0.5) is 4.79 Å². The molecule has 1 amide bonds. The number of amides is 1. The Morgan fingerprint density at radius 2 is 1.95 bits per heavy atom. The lowest BCUT2D eigenvalue weighted by molar-refractivity contribution is 0.139. The van der Waals surface area contributed by atoms with Gasteiger partial charge in [0.1, 0.15) is 6.61 Å². The number of halogens is 1. The van der Waals surface area contributed by atoms with Gasteiger partial charge in [0.25, 0.3) is 0 Å². The maximum Gasteiger partial charge on any atom is 0.407 e. The minimum atomic E-state index is -0.388. The predicted octanol–water partition coefficient (Wildman–Crippen LogP) is 4.48. The molecule has 0 aromatic heterocycles. The van der Waals surface area contributed by atoms with E-state index in [-0.39, 0.29) is 18.6 Å². The third kappa shape index (κ3) is 5.23. The zero-order valence-electron chi connectivity index (χ0n) is 11.9. The van der Waals surface area contributed by atoms with Gasteiger partial charge in [-0.05, 0) is 29.2 Å². The highest BCUT2D eigenvalue weighted by molar-refractivity contribution is 9.10. The summed E-state index contributed by atoms with van der Waals surface area (Å²) in [5.41, 5.74) is 2.15. The minimum Gasteiger partial charge on any atom is -0.445 e. The Morgan fingerprint density at radius 1 is 1.19 bits per heavy atom. The standard InChI is InChI=1S/C17H18BrNO2/c1-13(15-8-5-9-16(18)10-15)11-19-17(20)21-12-14-6-3-2-4-7-14/h2-10,13H,11-12H2,1H3,(H,19,20). The Bertz CT molecular complexity index is 586. The normalized spacial score (nSPS) is 11.7. The number of alkyl carbamates (subject to hydrolysis) is 1. The van der Waals surface area contributed by atoms with E-state index in [0.717, 1.165) is 10.0 Å². The molecule has 3 nitrogen and oxygen atoms in total. The van der Waals surface area contributed by atoms with Gasteiger partial charge in [0.2, 0.25) is 0 Å². The molecule has 0 fully saturated rings. The van der Waals surface area contributed by atoms with E-state index in [1.165, 1.54) is 5.56 Å². The van der Waals surface area contributed by atoms with Crippen molar-refractivity contribution in [1.29, 1.82) is 0 Å². The second-order valence-corrected chi connectivity index (χ2v) is 5.81. The first-order valence-corrected chi connectivity index (χ1v) is 7.64. The van der Waals surface area contributed by atoms with Crippen LogP contribution < -0.4 is 5.32 Å². The summed E-state index contributed by atoms with van der Waals surface area (Å²) in [6.07, 6.45) is -0.388. The third-order valence-corrected chi connectivity index (χ3v) is 3.68. The largest absolute Gasteiger partial charge is 0.445 e. The molecule has 0 aliphatic carbocycles. The molecule has 0 bridgehead atoms. The summed E-state index contributed by atoms with van der Waals surface area (Å²) >= 11 is 3.45. The Balaban J connectivity index is 1.76. The van der Waals surface area contributed by atoms with Crippen LogP contribution in [0, 0.1) is 0 Å². The van der Waals surface area contributed by atoms with Crippen LogP contribution in [0.25, 0.3) is 0 Å². The molecule has 0 spiro atoms. The van der Waals surface area contributed by atoms with Crippen LogP contribution in [0.1, 0.15) is 24.0 Å². The van der Waals surface area contributed by atoms with Crippen LogP contribution >= 0.6 is 15.9 Å². The number of ether oxygens (including phenoxy) is 1. The summed E-state index contributed by atoms with van der Waals surface area (Å²) in [5.74, 6) is 0.228. The number of benzene rings is 2. The molecule has 2 rings (SSSR count). The van der Waals surface area contributed by atoms with E-state index in [1.807, 2.05) is 48.5 Å². The van der Waals surface area contributed by atoms with Crippen molar-refractivity contribution >= 4 is 22.0 Å². The smallest absolute Gasteiger partial charge is 0.407 e. The maximum absolute atomic E-state index is 11.7. The fourth-order valence-electron chi connectivity index (χ4n) is 1.94. The van der Waals surface area contributed by atoms with Gasteiger partial charge in [-0.25, -0.2) is 4.79 Å². The maximum atomic E-state index is 11.7. The molecular formula is C17H18BrNO2. The average Bonchev–Trinajstić information content (AvgIpc) is 2.51. The molecule has 0 saturated carbocycles. The molecule has 1 unspecified atom stereocenters. The Labute approximate surface area is 133 Å². The Morgan fingerprint density at radius 3 is 2.67 bits per heavy atom. The average molecular weight is 348 g/mol. The number of carbonyl (C=O) groups is 1. The van der Waals surface area contributed by atoms with Gasteiger partial charge in [-0.3, -0.25) is 0 Å². The third-order valence-electron chi connectivity index (χ3n) is 3.18. The molecule has 0 radical (unpaired) electrons. The first-order valence-electron chi connectivity index (χ1n) is 6.85. The van der Waals surface area contributed by atoms with Gasteiger partial charge in [0.15, 0.2) is 0 Å². The number of hydrogen-bond acceptors (Lipinski definition) is 2. The lowest BCUT2D eigenvalue weighted by Crippen LogP contribution is -2.28. The number of nitrogens with one attached hydrogen (secondary N) is 1. The highest BCUT2D eigenvalue weighted by atomic mass is 79.9. The topological polar surface area (TPSA) is 38.3 Å². The molecule has 2 aromatic rings. The molecule has 0 aliphatic rings. The Hall–Kier alpha value is -1.81. The van der Waals surface area contributed by atoms with Gasteiger partial charge >= 0.3 is 6.09 Å². The summed E-state index contributed by atoms with van der Waals surface area (Å²) < 4.78 is 6.22. The van der Waals surface area contributed by atoms with Crippen LogP contribution in [-0.2, 0) is 11.3 Å². The summed E-state index contributed by atoms with van der Waals surface area (Å²) in [6, 6.07) is 17.7. The van der Waals surface area contributed by atoms with E-state index in [2.05, 4.69) is 34.2 Å². The fraction of sp³-hybridized carbons (Fsp3) is 0.235. The Kier molecular flexibility index (Phi) is 5.81. The van der Waals surface area contributed by atoms with Gasteiger partial charge in [0.05, 0.1) is 0 Å². The van der Waals surface area contributed by atoms with E-state index in [4.69, 9.17) is 4.74 Å². The molecule has 110 valence electrons. The van der Waals surface area contributed by atoms with Gasteiger partial charge < -0.3 is 10.1 Å². The van der Waals surface area contributed by atoms with E-state index in [9.17, 15) is 4.79 Å². The second-order valence-electron chi connectivity index (χ2n) is 4.90. The van der Waals surface area contributed by atoms with Crippen molar-refractivity contribution in [1.82, 2.24) is 5.32 Å². The number of carbonyl (C=O) groups excluding carboxylic acids is 1. The summed E-state index contributed by atoms with van der Waals surface area (Å²) in [6.45, 7) is 2.90. The molecular weight excluding hydrogens is 330 g/mol. The quantitative estimate of drug-likeness (QED) is 0.865. The summed E-state index contributed by atoms with van der Waals surface area (Å²) in [4.78, 5) is 11.7. The molecule has 2 aromatic carbocycles.